The zero-order valence-corrected chi connectivity index (χ0v) is 19.5. The molecule has 0 atom stereocenters. The van der Waals surface area contributed by atoms with E-state index in [-0.39, 0.29) is 0 Å². The van der Waals surface area contributed by atoms with Gasteiger partial charge in [-0.15, -0.1) is 0 Å². The maximum atomic E-state index is 6.03. The largest absolute Gasteiger partial charge is 0.340 e. The van der Waals surface area contributed by atoms with Crippen molar-refractivity contribution in [3.8, 4) is 0 Å². The molecule has 0 amide bonds. The zero-order valence-electron chi connectivity index (χ0n) is 17.9. The lowest BCUT2D eigenvalue weighted by molar-refractivity contribution is 0.412. The number of thiocarbonyl (C=S) groups is 1. The van der Waals surface area contributed by atoms with Crippen molar-refractivity contribution in [2.24, 2.45) is 0 Å². The third-order valence-corrected chi connectivity index (χ3v) is 5.71. The summed E-state index contributed by atoms with van der Waals surface area (Å²) < 4.78 is 1.94. The molecule has 1 N–H and O–H groups in total. The number of hydrogen-bond acceptors (Lipinski definition) is 2. The molecule has 0 saturated carbocycles. The predicted octanol–water partition coefficient (Wildman–Crippen LogP) is 6.29. The standard InChI is InChI=1S/C26H25ClN4S/c1-20-16-25(31(29-20)19-23-12-14-24(27)15-13-23)28-26(32)30(17-21-8-4-2-5-9-21)18-22-10-6-3-7-11-22/h2-16H,17-19H2,1H3,(H,28,32). The first-order chi connectivity index (χ1) is 15.6. The van der Waals surface area contributed by atoms with Crippen molar-refractivity contribution in [2.75, 3.05) is 5.32 Å². The second kappa shape index (κ2) is 10.4. The summed E-state index contributed by atoms with van der Waals surface area (Å²) in [6, 6.07) is 30.6. The molecule has 0 unspecified atom stereocenters. The molecular formula is C26H25ClN4S. The van der Waals surface area contributed by atoms with Gasteiger partial charge in [0.15, 0.2) is 5.11 Å². The second-order valence-corrected chi connectivity index (χ2v) is 8.54. The smallest absolute Gasteiger partial charge is 0.175 e. The number of halogens is 1. The highest BCUT2D eigenvalue weighted by atomic mass is 35.5. The van der Waals surface area contributed by atoms with E-state index in [4.69, 9.17) is 23.8 Å². The lowest BCUT2D eigenvalue weighted by Gasteiger charge is -2.26. The van der Waals surface area contributed by atoms with Crippen molar-refractivity contribution in [3.63, 3.8) is 0 Å². The van der Waals surface area contributed by atoms with Gasteiger partial charge < -0.3 is 10.2 Å². The van der Waals surface area contributed by atoms with Crippen LogP contribution in [0.4, 0.5) is 5.82 Å². The summed E-state index contributed by atoms with van der Waals surface area (Å²) in [5.41, 5.74) is 4.47. The average molecular weight is 461 g/mol. The number of nitrogens with zero attached hydrogens (tertiary/aromatic N) is 3. The van der Waals surface area contributed by atoms with Crippen LogP contribution in [0.1, 0.15) is 22.4 Å². The summed E-state index contributed by atoms with van der Waals surface area (Å²) in [4.78, 5) is 2.18. The Morgan fingerprint density at radius 1 is 0.875 bits per heavy atom. The molecule has 4 nitrogen and oxygen atoms in total. The number of aryl methyl sites for hydroxylation is 1. The minimum atomic E-state index is 0.632. The fraction of sp³-hybridized carbons (Fsp3) is 0.154. The highest BCUT2D eigenvalue weighted by Gasteiger charge is 2.15. The van der Waals surface area contributed by atoms with Gasteiger partial charge in [-0.25, -0.2) is 4.68 Å². The summed E-state index contributed by atoms with van der Waals surface area (Å²) in [5.74, 6) is 0.869. The minimum Gasteiger partial charge on any atom is -0.340 e. The van der Waals surface area contributed by atoms with E-state index in [0.717, 1.165) is 22.1 Å². The molecule has 0 aliphatic rings. The SMILES string of the molecule is Cc1cc(NC(=S)N(Cc2ccccc2)Cc2ccccc2)n(Cc2ccc(Cl)cc2)n1. The first-order valence-electron chi connectivity index (χ1n) is 10.5. The van der Waals surface area contributed by atoms with Gasteiger partial charge in [-0.3, -0.25) is 0 Å². The topological polar surface area (TPSA) is 33.1 Å². The molecule has 162 valence electrons. The van der Waals surface area contributed by atoms with E-state index >= 15 is 0 Å². The van der Waals surface area contributed by atoms with Crippen molar-refractivity contribution in [1.29, 1.82) is 0 Å². The van der Waals surface area contributed by atoms with Crippen LogP contribution in [0.2, 0.25) is 5.02 Å². The lowest BCUT2D eigenvalue weighted by Crippen LogP contribution is -2.34. The molecule has 0 bridgehead atoms. The summed E-state index contributed by atoms with van der Waals surface area (Å²) in [7, 11) is 0. The lowest BCUT2D eigenvalue weighted by atomic mass is 10.2. The van der Waals surface area contributed by atoms with E-state index in [1.165, 1.54) is 11.1 Å². The minimum absolute atomic E-state index is 0.632. The first-order valence-corrected chi connectivity index (χ1v) is 11.3. The Morgan fingerprint density at radius 3 is 2.00 bits per heavy atom. The van der Waals surface area contributed by atoms with Crippen LogP contribution in [0.25, 0.3) is 0 Å². The monoisotopic (exact) mass is 460 g/mol. The third-order valence-electron chi connectivity index (χ3n) is 5.10. The number of aromatic nitrogens is 2. The van der Waals surface area contributed by atoms with Crippen LogP contribution in [-0.4, -0.2) is 19.8 Å². The van der Waals surface area contributed by atoms with Crippen LogP contribution < -0.4 is 5.32 Å². The van der Waals surface area contributed by atoms with Gasteiger partial charge in [0.25, 0.3) is 0 Å². The van der Waals surface area contributed by atoms with E-state index < -0.39 is 0 Å². The number of rotatable bonds is 7. The summed E-state index contributed by atoms with van der Waals surface area (Å²) >= 11 is 11.9. The first kappa shape index (κ1) is 22.1. The number of nitrogens with one attached hydrogen (secondary N) is 1. The molecule has 6 heteroatoms. The third kappa shape index (κ3) is 5.96. The van der Waals surface area contributed by atoms with Crippen LogP contribution in [-0.2, 0) is 19.6 Å². The van der Waals surface area contributed by atoms with Gasteiger partial charge in [-0.2, -0.15) is 5.10 Å². The molecule has 4 rings (SSSR count). The van der Waals surface area contributed by atoms with Crippen molar-refractivity contribution in [1.82, 2.24) is 14.7 Å². The average Bonchev–Trinajstić information content (AvgIpc) is 3.14. The van der Waals surface area contributed by atoms with Gasteiger partial charge in [0.2, 0.25) is 0 Å². The van der Waals surface area contributed by atoms with Crippen LogP contribution in [0.3, 0.4) is 0 Å². The van der Waals surface area contributed by atoms with Crippen LogP contribution in [0.15, 0.2) is 91.0 Å². The quantitative estimate of drug-likeness (QED) is 0.328. The van der Waals surface area contributed by atoms with Gasteiger partial charge in [0.05, 0.1) is 12.2 Å². The van der Waals surface area contributed by atoms with Crippen LogP contribution >= 0.6 is 23.8 Å². The molecule has 3 aromatic carbocycles. The van der Waals surface area contributed by atoms with E-state index in [2.05, 4.69) is 63.8 Å². The molecule has 0 saturated heterocycles. The van der Waals surface area contributed by atoms with Gasteiger partial charge in [0, 0.05) is 24.2 Å². The van der Waals surface area contributed by atoms with Crippen molar-refractivity contribution in [3.05, 3.63) is 118 Å². The Morgan fingerprint density at radius 2 is 1.44 bits per heavy atom. The summed E-state index contributed by atoms with van der Waals surface area (Å²) in [6.45, 7) is 4.05. The molecule has 0 radical (unpaired) electrons. The van der Waals surface area contributed by atoms with Gasteiger partial charge >= 0.3 is 0 Å². The fourth-order valence-electron chi connectivity index (χ4n) is 3.53. The number of benzene rings is 3. The highest BCUT2D eigenvalue weighted by molar-refractivity contribution is 7.80. The Hall–Kier alpha value is -3.15. The Labute approximate surface area is 199 Å². The van der Waals surface area contributed by atoms with E-state index in [1.807, 2.05) is 54.1 Å². The van der Waals surface area contributed by atoms with E-state index in [0.29, 0.717) is 24.7 Å². The fourth-order valence-corrected chi connectivity index (χ4v) is 3.88. The van der Waals surface area contributed by atoms with Crippen molar-refractivity contribution < 1.29 is 0 Å². The summed E-state index contributed by atoms with van der Waals surface area (Å²) in [6.07, 6.45) is 0. The van der Waals surface area contributed by atoms with Crippen molar-refractivity contribution >= 4 is 34.7 Å². The predicted molar refractivity (Wildman–Crippen MR) is 136 cm³/mol. The summed E-state index contributed by atoms with van der Waals surface area (Å²) in [5, 5.41) is 9.47. The van der Waals surface area contributed by atoms with Crippen molar-refractivity contribution in [2.45, 2.75) is 26.6 Å². The maximum absolute atomic E-state index is 6.03. The number of anilines is 1. The maximum Gasteiger partial charge on any atom is 0.175 e. The zero-order chi connectivity index (χ0) is 22.3. The Balaban J connectivity index is 1.54. The molecule has 32 heavy (non-hydrogen) atoms. The highest BCUT2D eigenvalue weighted by Crippen LogP contribution is 2.18. The van der Waals surface area contributed by atoms with Crippen LogP contribution in [0, 0.1) is 6.92 Å². The van der Waals surface area contributed by atoms with E-state index in [9.17, 15) is 0 Å². The molecule has 0 fully saturated rings. The Bertz CT molecular complexity index is 1120. The molecule has 1 heterocycles. The van der Waals surface area contributed by atoms with Gasteiger partial charge in [-0.1, -0.05) is 84.4 Å². The van der Waals surface area contributed by atoms with Crippen LogP contribution in [0.5, 0.6) is 0 Å². The molecule has 4 aromatic rings. The Kier molecular flexibility index (Phi) is 7.20. The molecular weight excluding hydrogens is 436 g/mol. The number of hydrogen-bond donors (Lipinski definition) is 1. The van der Waals surface area contributed by atoms with Gasteiger partial charge in [0.1, 0.15) is 5.82 Å². The molecule has 1 aromatic heterocycles. The second-order valence-electron chi connectivity index (χ2n) is 7.71. The molecule has 0 aliphatic carbocycles. The molecule has 0 spiro atoms. The van der Waals surface area contributed by atoms with Gasteiger partial charge in [-0.05, 0) is 48.0 Å². The normalized spacial score (nSPS) is 10.7. The van der Waals surface area contributed by atoms with E-state index in [1.54, 1.807) is 0 Å². The molecule has 0 aliphatic heterocycles.